The lowest BCUT2D eigenvalue weighted by molar-refractivity contribution is 1.01. The van der Waals surface area contributed by atoms with Gasteiger partial charge in [0.1, 0.15) is 10.8 Å². The smallest absolute Gasteiger partial charge is 0.170 e. The molecule has 0 saturated heterocycles. The van der Waals surface area contributed by atoms with Crippen LogP contribution in [0.3, 0.4) is 0 Å². The number of halogens is 1. The van der Waals surface area contributed by atoms with E-state index in [-0.39, 0.29) is 0 Å². The van der Waals surface area contributed by atoms with Crippen molar-refractivity contribution in [2.24, 2.45) is 0 Å². The number of benzene rings is 1. The van der Waals surface area contributed by atoms with E-state index in [1.54, 1.807) is 18.0 Å². The number of fused-ring (bicyclic) bond motifs is 1. The highest BCUT2D eigenvalue weighted by Crippen LogP contribution is 2.30. The number of nitrogens with one attached hydrogen (secondary N) is 1. The summed E-state index contributed by atoms with van der Waals surface area (Å²) in [6.45, 7) is 2.90. The number of hydrogen-bond acceptors (Lipinski definition) is 4. The average Bonchev–Trinajstić information content (AvgIpc) is 2.90. The van der Waals surface area contributed by atoms with Crippen molar-refractivity contribution in [3.63, 3.8) is 0 Å². The fraction of sp³-hybridized carbons (Fsp3) is 0.143. The summed E-state index contributed by atoms with van der Waals surface area (Å²) in [5, 5.41) is 4.14. The Morgan fingerprint density at radius 2 is 2.10 bits per heavy atom. The van der Waals surface area contributed by atoms with Gasteiger partial charge in [-0.3, -0.25) is 0 Å². The van der Waals surface area contributed by atoms with E-state index in [0.29, 0.717) is 0 Å². The van der Waals surface area contributed by atoms with Crippen LogP contribution >= 0.6 is 27.7 Å². The van der Waals surface area contributed by atoms with Crippen LogP contribution in [-0.4, -0.2) is 20.9 Å². The lowest BCUT2D eigenvalue weighted by Gasteiger charge is -2.08. The monoisotopic (exact) mass is 348 g/mol. The maximum Gasteiger partial charge on any atom is 0.170 e. The molecule has 4 nitrogen and oxygen atoms in total. The van der Waals surface area contributed by atoms with Crippen molar-refractivity contribution >= 4 is 39.2 Å². The standard InChI is InChI=1S/C14H13BrN4S/c1-2-16-12-9-19-8-7-17-13(19)14(18-12)20-11-5-3-10(15)4-6-11/h3-9,16H,2H2,1H3. The summed E-state index contributed by atoms with van der Waals surface area (Å²) in [6, 6.07) is 8.18. The van der Waals surface area contributed by atoms with Crippen LogP contribution in [-0.2, 0) is 0 Å². The van der Waals surface area contributed by atoms with Gasteiger partial charge in [-0.25, -0.2) is 9.97 Å². The lowest BCUT2D eigenvalue weighted by atomic mass is 10.4. The zero-order valence-electron chi connectivity index (χ0n) is 10.9. The third-order valence-electron chi connectivity index (χ3n) is 2.73. The van der Waals surface area contributed by atoms with Gasteiger partial charge in [-0.15, -0.1) is 0 Å². The third-order valence-corrected chi connectivity index (χ3v) is 4.23. The van der Waals surface area contributed by atoms with E-state index in [2.05, 4.69) is 50.3 Å². The Balaban J connectivity index is 2.00. The molecule has 1 N–H and O–H groups in total. The van der Waals surface area contributed by atoms with Gasteiger partial charge in [-0.1, -0.05) is 27.7 Å². The molecule has 6 heteroatoms. The van der Waals surface area contributed by atoms with Crippen LogP contribution in [0.25, 0.3) is 5.65 Å². The number of anilines is 1. The molecule has 0 unspecified atom stereocenters. The van der Waals surface area contributed by atoms with Crippen LogP contribution in [0.4, 0.5) is 5.82 Å². The van der Waals surface area contributed by atoms with E-state index in [1.165, 1.54) is 0 Å². The molecule has 0 radical (unpaired) electrons. The van der Waals surface area contributed by atoms with Gasteiger partial charge in [0.25, 0.3) is 0 Å². The molecule has 20 heavy (non-hydrogen) atoms. The van der Waals surface area contributed by atoms with Gasteiger partial charge in [-0.2, -0.15) is 0 Å². The molecule has 0 aliphatic heterocycles. The third kappa shape index (κ3) is 2.81. The lowest BCUT2D eigenvalue weighted by Crippen LogP contribution is -2.02. The zero-order valence-corrected chi connectivity index (χ0v) is 13.3. The van der Waals surface area contributed by atoms with Crippen molar-refractivity contribution < 1.29 is 0 Å². The van der Waals surface area contributed by atoms with Crippen LogP contribution in [0.2, 0.25) is 0 Å². The van der Waals surface area contributed by atoms with Crippen molar-refractivity contribution in [1.29, 1.82) is 0 Å². The Hall–Kier alpha value is -1.53. The van der Waals surface area contributed by atoms with E-state index in [1.807, 2.05) is 28.9 Å². The van der Waals surface area contributed by atoms with Gasteiger partial charge in [0.05, 0.1) is 6.20 Å². The number of nitrogens with zero attached hydrogens (tertiary/aromatic N) is 3. The number of aromatic nitrogens is 3. The Morgan fingerprint density at radius 3 is 2.85 bits per heavy atom. The Morgan fingerprint density at radius 1 is 1.30 bits per heavy atom. The topological polar surface area (TPSA) is 42.2 Å². The maximum atomic E-state index is 4.64. The molecule has 0 aliphatic rings. The highest BCUT2D eigenvalue weighted by molar-refractivity contribution is 9.10. The van der Waals surface area contributed by atoms with E-state index in [0.717, 1.165) is 32.4 Å². The summed E-state index contributed by atoms with van der Waals surface area (Å²) in [5.74, 6) is 0.859. The fourth-order valence-corrected chi connectivity index (χ4v) is 3.01. The second-order valence-electron chi connectivity index (χ2n) is 4.18. The van der Waals surface area contributed by atoms with Crippen molar-refractivity contribution in [3.05, 3.63) is 47.3 Å². The van der Waals surface area contributed by atoms with Crippen molar-refractivity contribution in [1.82, 2.24) is 14.4 Å². The molecule has 3 aromatic rings. The van der Waals surface area contributed by atoms with Crippen LogP contribution in [0.5, 0.6) is 0 Å². The molecule has 102 valence electrons. The van der Waals surface area contributed by atoms with Crippen LogP contribution in [0, 0.1) is 0 Å². The zero-order chi connectivity index (χ0) is 13.9. The van der Waals surface area contributed by atoms with E-state index in [4.69, 9.17) is 0 Å². The Kier molecular flexibility index (Phi) is 3.93. The summed E-state index contributed by atoms with van der Waals surface area (Å²) >= 11 is 5.06. The molecule has 0 saturated carbocycles. The van der Waals surface area contributed by atoms with Gasteiger partial charge in [0.15, 0.2) is 5.65 Å². The molecule has 0 atom stereocenters. The van der Waals surface area contributed by atoms with Gasteiger partial charge in [-0.05, 0) is 31.2 Å². The molecule has 2 heterocycles. The molecule has 0 spiro atoms. The predicted octanol–water partition coefficient (Wildman–Crippen LogP) is 4.07. The second-order valence-corrected chi connectivity index (χ2v) is 6.15. The summed E-state index contributed by atoms with van der Waals surface area (Å²) < 4.78 is 3.06. The fourth-order valence-electron chi connectivity index (χ4n) is 1.85. The van der Waals surface area contributed by atoms with E-state index >= 15 is 0 Å². The SMILES string of the molecule is CCNc1cn2ccnc2c(Sc2ccc(Br)cc2)n1. The van der Waals surface area contributed by atoms with Crippen molar-refractivity contribution in [2.45, 2.75) is 16.8 Å². The molecule has 0 fully saturated rings. The van der Waals surface area contributed by atoms with Gasteiger partial charge < -0.3 is 9.72 Å². The minimum Gasteiger partial charge on any atom is -0.369 e. The molecule has 0 amide bonds. The first-order valence-corrected chi connectivity index (χ1v) is 7.88. The number of imidazole rings is 1. The first-order valence-electron chi connectivity index (χ1n) is 6.27. The Labute approximate surface area is 129 Å². The molecular weight excluding hydrogens is 336 g/mol. The predicted molar refractivity (Wildman–Crippen MR) is 85.4 cm³/mol. The average molecular weight is 349 g/mol. The summed E-state index contributed by atoms with van der Waals surface area (Å²) in [4.78, 5) is 10.2. The normalized spacial score (nSPS) is 10.9. The Bertz CT molecular complexity index is 724. The molecular formula is C14H13BrN4S. The number of rotatable bonds is 4. The maximum absolute atomic E-state index is 4.64. The van der Waals surface area contributed by atoms with E-state index in [9.17, 15) is 0 Å². The molecule has 0 aliphatic carbocycles. The number of hydrogen-bond donors (Lipinski definition) is 1. The van der Waals surface area contributed by atoms with Crippen LogP contribution in [0.1, 0.15) is 6.92 Å². The quantitative estimate of drug-likeness (QED) is 0.771. The molecule has 0 bridgehead atoms. The first kappa shape index (κ1) is 13.5. The minimum absolute atomic E-state index is 0.843. The second kappa shape index (κ2) is 5.85. The summed E-state index contributed by atoms with van der Waals surface area (Å²) in [6.07, 6.45) is 5.68. The van der Waals surface area contributed by atoms with Gasteiger partial charge in [0.2, 0.25) is 0 Å². The van der Waals surface area contributed by atoms with Gasteiger partial charge >= 0.3 is 0 Å². The molecule has 2 aromatic heterocycles. The summed E-state index contributed by atoms with van der Waals surface area (Å²) in [5.41, 5.74) is 0.875. The summed E-state index contributed by atoms with van der Waals surface area (Å²) in [7, 11) is 0. The highest BCUT2D eigenvalue weighted by atomic mass is 79.9. The van der Waals surface area contributed by atoms with E-state index < -0.39 is 0 Å². The minimum atomic E-state index is 0.843. The van der Waals surface area contributed by atoms with Crippen LogP contribution in [0.15, 0.2) is 57.3 Å². The van der Waals surface area contributed by atoms with Crippen molar-refractivity contribution in [3.8, 4) is 0 Å². The highest BCUT2D eigenvalue weighted by Gasteiger charge is 2.09. The van der Waals surface area contributed by atoms with Crippen LogP contribution < -0.4 is 5.32 Å². The largest absolute Gasteiger partial charge is 0.369 e. The first-order chi connectivity index (χ1) is 9.76. The molecule has 1 aromatic carbocycles. The van der Waals surface area contributed by atoms with Gasteiger partial charge in [0, 0.05) is 28.3 Å². The van der Waals surface area contributed by atoms with Crippen molar-refractivity contribution in [2.75, 3.05) is 11.9 Å². The molecule has 3 rings (SSSR count).